The number of benzene rings is 5. The quantitative estimate of drug-likeness (QED) is 0.0618. The summed E-state index contributed by atoms with van der Waals surface area (Å²) in [4.78, 5) is 24.4. The van der Waals surface area contributed by atoms with Crippen LogP contribution in [0.3, 0.4) is 0 Å². The Morgan fingerprint density at radius 1 is 0.490 bits per heavy atom. The molecule has 3 spiro atoms. The van der Waals surface area contributed by atoms with Crippen molar-refractivity contribution in [2.75, 3.05) is 125 Å². The van der Waals surface area contributed by atoms with Crippen molar-refractivity contribution < 1.29 is 42.8 Å². The number of nitrogens with one attached hydrogen (secondary N) is 1. The van der Waals surface area contributed by atoms with Crippen LogP contribution in [0, 0.1) is 52.8 Å². The average molecular weight is 1400 g/mol. The van der Waals surface area contributed by atoms with E-state index in [1.54, 1.807) is 37.4 Å². The number of nitrogen functional groups attached to an aromatic ring is 2. The van der Waals surface area contributed by atoms with Crippen molar-refractivity contribution >= 4 is 104 Å². The largest absolute Gasteiger partial charge is 0.399 e. The molecule has 6 heterocycles. The van der Waals surface area contributed by atoms with Gasteiger partial charge in [-0.15, -0.1) is 0 Å². The van der Waals surface area contributed by atoms with Gasteiger partial charge in [0.05, 0.1) is 59.6 Å². The SMILES string of the molecule is CC=Nc1cc(S(C)(=O)=O)cc(N2CCC3(CC2)CC3)c1C#N.CS(=O)(=O)c1cc(N)c(C#N)c(N2CCC3(CC2)CC3)c1.Cc1cc(N)cc(N2CCC(F)(F)CC2)c1.Cc1cc(Nc2ncnc3cc(S(C)(=O)=O)cc(N4CCC5(CC4)CC5)c23)cc(N2CCC(F)(F)CC2)c1. The van der Waals surface area contributed by atoms with Crippen LogP contribution < -0.4 is 41.3 Å². The molecule has 5 N–H and O–H groups in total. The molecule has 3 saturated carbocycles. The maximum atomic E-state index is 13.7. The minimum Gasteiger partial charge on any atom is -0.399 e. The highest BCUT2D eigenvalue weighted by molar-refractivity contribution is 7.91. The molecule has 14 rings (SSSR count). The Kier molecular flexibility index (Phi) is 20.1. The lowest BCUT2D eigenvalue weighted by Crippen LogP contribution is -2.39. The van der Waals surface area contributed by atoms with Crippen molar-refractivity contribution in [3.63, 3.8) is 0 Å². The van der Waals surface area contributed by atoms with E-state index in [-0.39, 0.29) is 46.1 Å². The molecule has 6 aromatic rings. The van der Waals surface area contributed by atoms with Gasteiger partial charge in [-0.3, -0.25) is 4.99 Å². The van der Waals surface area contributed by atoms with Gasteiger partial charge in [-0.2, -0.15) is 10.5 Å². The zero-order chi connectivity index (χ0) is 70.4. The molecule has 19 nitrogen and oxygen atoms in total. The summed E-state index contributed by atoms with van der Waals surface area (Å²) in [6.45, 7) is 12.3. The van der Waals surface area contributed by atoms with Gasteiger partial charge in [0.1, 0.15) is 29.8 Å². The molecule has 5 aliphatic heterocycles. The summed E-state index contributed by atoms with van der Waals surface area (Å²) in [5, 5.41) is 23.1. The van der Waals surface area contributed by atoms with E-state index in [1.165, 1.54) is 69.5 Å². The van der Waals surface area contributed by atoms with Crippen LogP contribution in [0.25, 0.3) is 10.9 Å². The van der Waals surface area contributed by atoms with E-state index in [0.717, 1.165) is 123 Å². The molecule has 5 aromatic carbocycles. The van der Waals surface area contributed by atoms with Crippen LogP contribution in [0.4, 0.5) is 74.6 Å². The third-order valence-corrected chi connectivity index (χ3v) is 24.4. The topological polar surface area (TPSA) is 268 Å². The normalized spacial score (nSPS) is 20.3. The highest BCUT2D eigenvalue weighted by atomic mass is 32.2. The van der Waals surface area contributed by atoms with Crippen molar-refractivity contribution in [1.82, 2.24) is 9.97 Å². The lowest BCUT2D eigenvalue weighted by Gasteiger charge is -2.35. The first kappa shape index (κ1) is 71.3. The minimum atomic E-state index is -3.44. The van der Waals surface area contributed by atoms with E-state index in [4.69, 9.17) is 11.5 Å². The van der Waals surface area contributed by atoms with Crippen LogP contribution in [-0.4, -0.2) is 137 Å². The standard InChI is InChI=1S/C28H33F2N5O2S.C17H21N3O2S.C15H19N3O2S.C12H16F2N2/c1-19-13-20(15-21(14-19)34-11-7-28(29,30)8-12-34)33-26-25-23(31-18-32-26)16-22(38(2,36)37)17-24(25)35-9-5-27(3-4-27)6-10-35;1-3-19-15-10-13(23(2,21)22)11-16(14(15)12-18)20-8-6-17(4-5-17)7-9-20;1-21(19,20)11-8-13(17)12(10-16)14(9-11)18-6-4-15(2-3-15)5-7-18;1-9-6-10(15)8-11(7-9)16-4-2-12(13,14)3-5-16/h13-18H,3-12H2,1-2H3,(H,31,32,33);3,10-11H,4-9H2,1-2H3;8-9H,2-7,17H2,1H3;6-8H,2-5,15H2,1H3. The summed E-state index contributed by atoms with van der Waals surface area (Å²) in [6.07, 6.45) is 20.6. The fourth-order valence-corrected chi connectivity index (χ4v) is 16.3. The summed E-state index contributed by atoms with van der Waals surface area (Å²) in [5.41, 5.74) is 22.8. The van der Waals surface area contributed by atoms with E-state index < -0.39 is 41.4 Å². The third-order valence-electron chi connectivity index (χ3n) is 21.2. The maximum absolute atomic E-state index is 13.7. The second kappa shape index (κ2) is 27.6. The van der Waals surface area contributed by atoms with Crippen molar-refractivity contribution in [3.8, 4) is 12.1 Å². The van der Waals surface area contributed by atoms with Crippen LogP contribution in [0.15, 0.2) is 98.8 Å². The summed E-state index contributed by atoms with van der Waals surface area (Å²) in [5.74, 6) is -4.50. The van der Waals surface area contributed by atoms with Gasteiger partial charge in [-0.1, -0.05) is 0 Å². The molecule has 3 aliphatic carbocycles. The number of aromatic nitrogens is 2. The zero-order valence-electron chi connectivity index (χ0n) is 56.8. The molecular weight excluding hydrogens is 1320 g/mol. The van der Waals surface area contributed by atoms with Crippen LogP contribution in [0.2, 0.25) is 0 Å². The summed E-state index contributed by atoms with van der Waals surface area (Å²) >= 11 is 0. The van der Waals surface area contributed by atoms with Gasteiger partial charge >= 0.3 is 0 Å². The molecule has 8 aliphatic rings. The van der Waals surface area contributed by atoms with Crippen molar-refractivity contribution in [3.05, 3.63) is 101 Å². The Balaban J connectivity index is 0.000000140. The van der Waals surface area contributed by atoms with Gasteiger partial charge in [-0.25, -0.2) is 52.8 Å². The number of anilines is 9. The smallest absolute Gasteiger partial charge is 0.251 e. The number of hydrogen-bond acceptors (Lipinski definition) is 19. The third kappa shape index (κ3) is 17.0. The van der Waals surface area contributed by atoms with Crippen molar-refractivity contribution in [2.24, 2.45) is 21.2 Å². The molecule has 8 fully saturated rings. The Morgan fingerprint density at radius 3 is 1.32 bits per heavy atom. The fourth-order valence-electron chi connectivity index (χ4n) is 14.3. The van der Waals surface area contributed by atoms with Gasteiger partial charge in [0.2, 0.25) is 0 Å². The number of halogens is 4. The summed E-state index contributed by atoms with van der Waals surface area (Å²) in [6, 6.07) is 25.5. The number of nitrogens with zero attached hydrogens (tertiary/aromatic N) is 10. The number of piperidine rings is 5. The summed E-state index contributed by atoms with van der Waals surface area (Å²) < 4.78 is 126. The van der Waals surface area contributed by atoms with Gasteiger partial charge in [-0.05, 0) is 198 Å². The first-order valence-corrected chi connectivity index (χ1v) is 39.4. The second-order valence-corrected chi connectivity index (χ2v) is 34.7. The Morgan fingerprint density at radius 2 is 0.888 bits per heavy atom. The number of nitriles is 2. The van der Waals surface area contributed by atoms with E-state index in [2.05, 4.69) is 47.1 Å². The van der Waals surface area contributed by atoms with Gasteiger partial charge in [0, 0.05) is 139 Å². The molecule has 5 saturated heterocycles. The number of rotatable bonds is 11. The van der Waals surface area contributed by atoms with E-state index in [9.17, 15) is 53.3 Å². The molecular formula is C72H89F4N13O6S3. The van der Waals surface area contributed by atoms with E-state index in [0.29, 0.717) is 87.6 Å². The lowest BCUT2D eigenvalue weighted by atomic mass is 9.93. The fraction of sp³-hybridized carbons (Fsp3) is 0.514. The van der Waals surface area contributed by atoms with Gasteiger partial charge < -0.3 is 41.3 Å². The first-order chi connectivity index (χ1) is 46.2. The highest BCUT2D eigenvalue weighted by Crippen LogP contribution is 2.56. The predicted molar refractivity (Wildman–Crippen MR) is 382 cm³/mol. The first-order valence-electron chi connectivity index (χ1n) is 33.8. The van der Waals surface area contributed by atoms with Crippen LogP contribution in [0.5, 0.6) is 0 Å². The van der Waals surface area contributed by atoms with Gasteiger partial charge in [0.25, 0.3) is 11.8 Å². The molecule has 0 radical (unpaired) electrons. The number of nitrogens with two attached hydrogens (primary N) is 2. The highest BCUT2D eigenvalue weighted by Gasteiger charge is 2.47. The number of fused-ring (bicyclic) bond motifs is 1. The number of sulfone groups is 3. The van der Waals surface area contributed by atoms with Crippen molar-refractivity contribution in [1.29, 1.82) is 10.5 Å². The molecule has 0 amide bonds. The Bertz CT molecular complexity index is 4440. The van der Waals surface area contributed by atoms with Crippen LogP contribution >= 0.6 is 0 Å². The molecule has 0 atom stereocenters. The molecule has 524 valence electrons. The number of alkyl halides is 4. The Hall–Kier alpha value is -7.94. The second-order valence-electron chi connectivity index (χ2n) is 28.7. The number of aliphatic imine (C=N–C) groups is 1. The van der Waals surface area contributed by atoms with Crippen LogP contribution in [-0.2, 0) is 29.5 Å². The molecule has 0 unspecified atom stereocenters. The monoisotopic (exact) mass is 1400 g/mol. The van der Waals surface area contributed by atoms with E-state index in [1.807, 2.05) is 60.0 Å². The molecule has 98 heavy (non-hydrogen) atoms. The number of aryl methyl sites for hydroxylation is 2. The summed E-state index contributed by atoms with van der Waals surface area (Å²) in [7, 11) is -10.1. The maximum Gasteiger partial charge on any atom is 0.251 e. The van der Waals surface area contributed by atoms with Crippen molar-refractivity contribution in [2.45, 2.75) is 150 Å². The molecule has 0 bridgehead atoms. The average Bonchev–Trinajstić information content (AvgIpc) is 1.08. The minimum absolute atomic E-state index is 0.0686. The molecule has 26 heteroatoms. The predicted octanol–water partition coefficient (Wildman–Crippen LogP) is 13.5. The zero-order valence-corrected chi connectivity index (χ0v) is 59.2. The Labute approximate surface area is 574 Å². The molecule has 1 aromatic heterocycles. The number of hydrogen-bond donors (Lipinski definition) is 3. The van der Waals surface area contributed by atoms with Gasteiger partial charge in [0.15, 0.2) is 29.5 Å². The van der Waals surface area contributed by atoms with E-state index >= 15 is 0 Å². The lowest BCUT2D eigenvalue weighted by molar-refractivity contribution is -0.0226. The van der Waals surface area contributed by atoms with Crippen LogP contribution in [0.1, 0.15) is 132 Å².